The quantitative estimate of drug-likeness (QED) is 0.457. The molecule has 0 aliphatic carbocycles. The third-order valence-corrected chi connectivity index (χ3v) is 5.46. The van der Waals surface area contributed by atoms with Crippen molar-refractivity contribution in [1.29, 1.82) is 0 Å². The van der Waals surface area contributed by atoms with Gasteiger partial charge in [-0.3, -0.25) is 10.1 Å². The summed E-state index contributed by atoms with van der Waals surface area (Å²) in [5, 5.41) is 10.7. The molecule has 10 heteroatoms. The summed E-state index contributed by atoms with van der Waals surface area (Å²) in [5.41, 5.74) is -0.0243. The van der Waals surface area contributed by atoms with Gasteiger partial charge in [0, 0.05) is 22.3 Å². The average Bonchev–Trinajstić information content (AvgIpc) is 2.25. The lowest BCUT2D eigenvalue weighted by Crippen LogP contribution is -2.14. The molecule has 0 spiro atoms. The van der Waals surface area contributed by atoms with Crippen LogP contribution >= 0.6 is 10.7 Å². The molecule has 0 saturated carbocycles. The Hall–Kier alpha value is -1.19. The van der Waals surface area contributed by atoms with Crippen LogP contribution in [0.3, 0.4) is 0 Å². The van der Waals surface area contributed by atoms with E-state index in [4.69, 9.17) is 10.7 Å². The molecule has 0 heterocycles. The van der Waals surface area contributed by atoms with Crippen LogP contribution in [0.25, 0.3) is 0 Å². The fourth-order valence-corrected chi connectivity index (χ4v) is 4.35. The van der Waals surface area contributed by atoms with Crippen LogP contribution < -0.4 is 0 Å². The molecule has 0 aliphatic rings. The van der Waals surface area contributed by atoms with Gasteiger partial charge in [-0.2, -0.15) is 0 Å². The fraction of sp³-hybridized carbons (Fsp3) is 0.333. The third-order valence-electron chi connectivity index (χ3n) is 2.33. The zero-order valence-electron chi connectivity index (χ0n) is 9.74. The van der Waals surface area contributed by atoms with Gasteiger partial charge in [-0.25, -0.2) is 16.8 Å². The van der Waals surface area contributed by atoms with E-state index < -0.39 is 35.3 Å². The minimum Gasteiger partial charge on any atom is -0.258 e. The summed E-state index contributed by atoms with van der Waals surface area (Å²) in [6.45, 7) is 1.47. The van der Waals surface area contributed by atoms with Crippen LogP contribution in [0.5, 0.6) is 0 Å². The number of nitrogens with zero attached hydrogens (tertiary/aromatic N) is 1. The van der Waals surface area contributed by atoms with Gasteiger partial charge >= 0.3 is 0 Å². The number of nitro groups is 1. The van der Waals surface area contributed by atoms with Crippen molar-refractivity contribution in [2.75, 3.05) is 11.5 Å². The molecule has 0 N–H and O–H groups in total. The van der Waals surface area contributed by atoms with Crippen LogP contribution in [0, 0.1) is 17.0 Å². The lowest BCUT2D eigenvalue weighted by molar-refractivity contribution is -0.385. The molecule has 1 aromatic carbocycles. The molecule has 0 fully saturated rings. The summed E-state index contributed by atoms with van der Waals surface area (Å²) in [6, 6.07) is 3.39. The molecule has 0 aliphatic heterocycles. The Bertz CT molecular complexity index is 710. The van der Waals surface area contributed by atoms with Crippen molar-refractivity contribution in [2.24, 2.45) is 0 Å². The maximum absolute atomic E-state index is 11.8. The van der Waals surface area contributed by atoms with Gasteiger partial charge < -0.3 is 0 Å². The lowest BCUT2D eigenvalue weighted by Gasteiger charge is -2.04. The highest BCUT2D eigenvalue weighted by Gasteiger charge is 2.22. The van der Waals surface area contributed by atoms with Crippen LogP contribution in [-0.4, -0.2) is 33.3 Å². The number of rotatable bonds is 5. The molecule has 0 aromatic heterocycles. The Morgan fingerprint density at radius 1 is 1.21 bits per heavy atom. The second-order valence-electron chi connectivity index (χ2n) is 3.77. The topological polar surface area (TPSA) is 111 Å². The molecule has 0 unspecified atom stereocenters. The molecule has 1 aromatic rings. The number of nitro benzene ring substituents is 1. The van der Waals surface area contributed by atoms with Gasteiger partial charge in [0.25, 0.3) is 5.69 Å². The van der Waals surface area contributed by atoms with Crippen molar-refractivity contribution in [3.05, 3.63) is 33.9 Å². The number of benzene rings is 1. The van der Waals surface area contributed by atoms with Crippen molar-refractivity contribution in [1.82, 2.24) is 0 Å². The average molecular weight is 328 g/mol. The van der Waals surface area contributed by atoms with E-state index in [-0.39, 0.29) is 10.6 Å². The smallest absolute Gasteiger partial charge is 0.258 e. The number of hydrogen-bond acceptors (Lipinski definition) is 6. The van der Waals surface area contributed by atoms with E-state index in [1.54, 1.807) is 0 Å². The Kier molecular flexibility index (Phi) is 4.54. The first-order valence-electron chi connectivity index (χ1n) is 4.93. The highest BCUT2D eigenvalue weighted by molar-refractivity contribution is 8.14. The number of sulfone groups is 1. The predicted molar refractivity (Wildman–Crippen MR) is 69.5 cm³/mol. The molecule has 0 atom stereocenters. The second-order valence-corrected chi connectivity index (χ2v) is 8.77. The van der Waals surface area contributed by atoms with Crippen LogP contribution in [0.15, 0.2) is 23.1 Å². The molecule has 0 bridgehead atoms. The predicted octanol–water partition coefficient (Wildman–Crippen LogP) is 1.25. The van der Waals surface area contributed by atoms with E-state index in [0.717, 1.165) is 6.07 Å². The van der Waals surface area contributed by atoms with E-state index in [2.05, 4.69) is 0 Å². The van der Waals surface area contributed by atoms with Crippen molar-refractivity contribution in [3.8, 4) is 0 Å². The molecule has 1 rings (SSSR count). The van der Waals surface area contributed by atoms with Crippen LogP contribution in [0.4, 0.5) is 5.69 Å². The summed E-state index contributed by atoms with van der Waals surface area (Å²) in [6.07, 6.45) is 0. The molecular formula is C9H10ClNO6S2. The molecule has 106 valence electrons. The Labute approximate surface area is 114 Å². The van der Waals surface area contributed by atoms with Crippen molar-refractivity contribution >= 4 is 35.3 Å². The molecular weight excluding hydrogens is 318 g/mol. The molecule has 0 saturated heterocycles. The minimum absolute atomic E-state index is 0.301. The SMILES string of the molecule is Cc1ccc(S(=O)(=O)CCS(=O)(=O)Cl)cc1[N+](=O)[O-]. The van der Waals surface area contributed by atoms with Crippen LogP contribution in [0.2, 0.25) is 0 Å². The molecule has 19 heavy (non-hydrogen) atoms. The van der Waals surface area contributed by atoms with E-state index >= 15 is 0 Å². The number of halogens is 1. The highest BCUT2D eigenvalue weighted by atomic mass is 35.7. The van der Waals surface area contributed by atoms with Crippen molar-refractivity contribution < 1.29 is 21.8 Å². The Balaban J connectivity index is 3.16. The minimum atomic E-state index is -3.94. The van der Waals surface area contributed by atoms with E-state index in [1.807, 2.05) is 0 Å². The largest absolute Gasteiger partial charge is 0.273 e. The standard InChI is InChI=1S/C9H10ClNO6S2/c1-7-2-3-8(6-9(7)11(12)13)18(14,15)4-5-19(10,16)17/h2-3,6H,4-5H2,1H3. The summed E-state index contributed by atoms with van der Waals surface area (Å²) in [4.78, 5) is 9.71. The maximum Gasteiger partial charge on any atom is 0.273 e. The maximum atomic E-state index is 11.8. The van der Waals surface area contributed by atoms with Crippen molar-refractivity contribution in [3.63, 3.8) is 0 Å². The van der Waals surface area contributed by atoms with Gasteiger partial charge in [-0.15, -0.1) is 0 Å². The van der Waals surface area contributed by atoms with E-state index in [1.165, 1.54) is 19.1 Å². The molecule has 0 amide bonds. The zero-order chi connectivity index (χ0) is 14.8. The van der Waals surface area contributed by atoms with E-state index in [9.17, 15) is 26.9 Å². The fourth-order valence-electron chi connectivity index (χ4n) is 1.31. The van der Waals surface area contributed by atoms with Crippen LogP contribution in [-0.2, 0) is 18.9 Å². The zero-order valence-corrected chi connectivity index (χ0v) is 12.1. The number of hydrogen-bond donors (Lipinski definition) is 0. The van der Waals surface area contributed by atoms with Crippen molar-refractivity contribution in [2.45, 2.75) is 11.8 Å². The Morgan fingerprint density at radius 2 is 1.79 bits per heavy atom. The van der Waals surface area contributed by atoms with Gasteiger partial charge in [0.15, 0.2) is 9.84 Å². The van der Waals surface area contributed by atoms with Gasteiger partial charge in [0.1, 0.15) is 0 Å². The molecule has 0 radical (unpaired) electrons. The summed E-state index contributed by atoms with van der Waals surface area (Å²) in [5.74, 6) is -1.47. The summed E-state index contributed by atoms with van der Waals surface area (Å²) < 4.78 is 45.1. The first kappa shape index (κ1) is 15.9. The van der Waals surface area contributed by atoms with Crippen LogP contribution in [0.1, 0.15) is 5.56 Å². The third kappa shape index (κ3) is 4.44. The first-order chi connectivity index (χ1) is 8.53. The monoisotopic (exact) mass is 327 g/mol. The summed E-state index contributed by atoms with van der Waals surface area (Å²) >= 11 is 0. The highest BCUT2D eigenvalue weighted by Crippen LogP contribution is 2.23. The second kappa shape index (κ2) is 5.43. The first-order valence-corrected chi connectivity index (χ1v) is 9.06. The normalized spacial score (nSPS) is 12.3. The van der Waals surface area contributed by atoms with Gasteiger partial charge in [0.05, 0.1) is 21.3 Å². The molecule has 7 nitrogen and oxygen atoms in total. The van der Waals surface area contributed by atoms with Gasteiger partial charge in [0.2, 0.25) is 9.05 Å². The van der Waals surface area contributed by atoms with Gasteiger partial charge in [-0.1, -0.05) is 6.07 Å². The number of aryl methyl sites for hydroxylation is 1. The van der Waals surface area contributed by atoms with E-state index in [0.29, 0.717) is 5.56 Å². The Morgan fingerprint density at radius 3 is 2.26 bits per heavy atom. The summed E-state index contributed by atoms with van der Waals surface area (Å²) in [7, 11) is -2.94. The lowest BCUT2D eigenvalue weighted by atomic mass is 10.2. The van der Waals surface area contributed by atoms with Gasteiger partial charge in [-0.05, 0) is 13.0 Å².